The molecule has 0 unspecified atom stereocenters. The van der Waals surface area contributed by atoms with Crippen LogP contribution in [0.1, 0.15) is 28.4 Å². The third-order valence-corrected chi connectivity index (χ3v) is 2.43. The molecule has 6 nitrogen and oxygen atoms in total. The number of amides is 1. The largest absolute Gasteiger partial charge is 0.448 e. The summed E-state index contributed by atoms with van der Waals surface area (Å²) in [5, 5.41) is 9.52. The van der Waals surface area contributed by atoms with Gasteiger partial charge in [0.1, 0.15) is 5.76 Å². The number of nitrogens with zero attached hydrogens (tertiary/aromatic N) is 2. The molecule has 6 heteroatoms. The number of rotatable bonds is 5. The molecule has 0 aromatic carbocycles. The van der Waals surface area contributed by atoms with Crippen LogP contribution in [0.25, 0.3) is 0 Å². The lowest BCUT2D eigenvalue weighted by molar-refractivity contribution is 0.0947. The van der Waals surface area contributed by atoms with E-state index in [-0.39, 0.29) is 5.91 Å². The highest BCUT2D eigenvalue weighted by atomic mass is 16.3. The Hall–Kier alpha value is -2.11. The molecule has 0 aliphatic heterocycles. The van der Waals surface area contributed by atoms with Gasteiger partial charge in [0.05, 0.1) is 0 Å². The molecule has 0 fully saturated rings. The van der Waals surface area contributed by atoms with Crippen LogP contribution in [0.5, 0.6) is 0 Å². The summed E-state index contributed by atoms with van der Waals surface area (Å²) in [5.41, 5.74) is 1.42. The van der Waals surface area contributed by atoms with Gasteiger partial charge in [-0.15, -0.1) is 0 Å². The molecule has 0 atom stereocenters. The number of hydrogen-bond acceptors (Lipinski definition) is 4. The fourth-order valence-electron chi connectivity index (χ4n) is 1.51. The third kappa shape index (κ3) is 2.93. The summed E-state index contributed by atoms with van der Waals surface area (Å²) in [6.07, 6.45) is 4.70. The molecule has 2 aromatic rings. The molecular formula is C11H14N4O2. The quantitative estimate of drug-likeness (QED) is 0.758. The maximum Gasteiger partial charge on any atom is 0.273 e. The van der Waals surface area contributed by atoms with Crippen LogP contribution in [0.2, 0.25) is 0 Å². The summed E-state index contributed by atoms with van der Waals surface area (Å²) in [7, 11) is 0. The molecule has 17 heavy (non-hydrogen) atoms. The van der Waals surface area contributed by atoms with Crippen LogP contribution in [-0.4, -0.2) is 27.6 Å². The minimum absolute atomic E-state index is 0.194. The first-order valence-corrected chi connectivity index (χ1v) is 5.44. The number of hydrogen-bond donors (Lipinski definition) is 2. The predicted molar refractivity (Wildman–Crippen MR) is 60.5 cm³/mol. The smallest absolute Gasteiger partial charge is 0.273 e. The van der Waals surface area contributed by atoms with E-state index in [0.717, 1.165) is 18.5 Å². The number of aromatic nitrogens is 3. The lowest BCUT2D eigenvalue weighted by atomic mass is 10.2. The Morgan fingerprint density at radius 3 is 3.12 bits per heavy atom. The van der Waals surface area contributed by atoms with E-state index in [1.54, 1.807) is 13.1 Å². The standard InChI is InChI=1S/C11H14N4O2/c1-8-10(13-7-17-8)11(16)12-5-2-3-9-4-6-14-15-9/h4,6-7H,2-3,5H2,1H3,(H,12,16)(H,14,15). The van der Waals surface area contributed by atoms with Gasteiger partial charge in [-0.05, 0) is 25.8 Å². The second-order valence-corrected chi connectivity index (χ2v) is 3.70. The van der Waals surface area contributed by atoms with E-state index in [0.29, 0.717) is 18.0 Å². The summed E-state index contributed by atoms with van der Waals surface area (Å²) in [5.74, 6) is 0.344. The van der Waals surface area contributed by atoms with Crippen molar-refractivity contribution in [3.8, 4) is 0 Å². The van der Waals surface area contributed by atoms with Crippen molar-refractivity contribution < 1.29 is 9.21 Å². The second kappa shape index (κ2) is 5.29. The molecule has 0 saturated carbocycles. The Labute approximate surface area is 98.4 Å². The van der Waals surface area contributed by atoms with Gasteiger partial charge in [0.15, 0.2) is 12.1 Å². The molecule has 90 valence electrons. The monoisotopic (exact) mass is 234 g/mol. The fourth-order valence-corrected chi connectivity index (χ4v) is 1.51. The van der Waals surface area contributed by atoms with E-state index < -0.39 is 0 Å². The van der Waals surface area contributed by atoms with Crippen molar-refractivity contribution >= 4 is 5.91 Å². The van der Waals surface area contributed by atoms with Crippen molar-refractivity contribution in [1.29, 1.82) is 0 Å². The number of aryl methyl sites for hydroxylation is 2. The SMILES string of the molecule is Cc1ocnc1C(=O)NCCCc1ccn[nH]1. The first-order chi connectivity index (χ1) is 8.27. The van der Waals surface area contributed by atoms with Crippen LogP contribution in [-0.2, 0) is 6.42 Å². The van der Waals surface area contributed by atoms with Gasteiger partial charge >= 0.3 is 0 Å². The van der Waals surface area contributed by atoms with E-state index in [1.807, 2.05) is 6.07 Å². The zero-order valence-corrected chi connectivity index (χ0v) is 9.56. The maximum atomic E-state index is 11.6. The molecule has 0 saturated heterocycles. The molecule has 0 bridgehead atoms. The Morgan fingerprint density at radius 2 is 2.47 bits per heavy atom. The summed E-state index contributed by atoms with van der Waals surface area (Å²) < 4.78 is 4.97. The van der Waals surface area contributed by atoms with E-state index in [4.69, 9.17) is 4.42 Å². The molecule has 0 aliphatic rings. The Bertz CT molecular complexity index is 475. The van der Waals surface area contributed by atoms with Crippen molar-refractivity contribution in [3.05, 3.63) is 35.8 Å². The average molecular weight is 234 g/mol. The molecular weight excluding hydrogens is 220 g/mol. The molecule has 1 amide bonds. The van der Waals surface area contributed by atoms with E-state index in [1.165, 1.54) is 6.39 Å². The molecule has 0 spiro atoms. The average Bonchev–Trinajstić information content (AvgIpc) is 2.95. The highest BCUT2D eigenvalue weighted by molar-refractivity contribution is 5.92. The van der Waals surface area contributed by atoms with Gasteiger partial charge < -0.3 is 9.73 Å². The zero-order valence-electron chi connectivity index (χ0n) is 9.56. The maximum absolute atomic E-state index is 11.6. The number of aromatic amines is 1. The lowest BCUT2D eigenvalue weighted by Crippen LogP contribution is -2.25. The highest BCUT2D eigenvalue weighted by Gasteiger charge is 2.12. The molecule has 2 rings (SSSR count). The van der Waals surface area contributed by atoms with Gasteiger partial charge in [0, 0.05) is 18.4 Å². The Kier molecular flexibility index (Phi) is 3.54. The van der Waals surface area contributed by atoms with Gasteiger partial charge in [0.25, 0.3) is 5.91 Å². The van der Waals surface area contributed by atoms with Crippen molar-refractivity contribution in [2.24, 2.45) is 0 Å². The first-order valence-electron chi connectivity index (χ1n) is 5.44. The molecule has 0 radical (unpaired) electrons. The Morgan fingerprint density at radius 1 is 1.59 bits per heavy atom. The molecule has 2 N–H and O–H groups in total. The van der Waals surface area contributed by atoms with Crippen LogP contribution in [0, 0.1) is 6.92 Å². The van der Waals surface area contributed by atoms with E-state index in [2.05, 4.69) is 20.5 Å². The first kappa shape index (κ1) is 11.4. The van der Waals surface area contributed by atoms with Gasteiger partial charge in [-0.3, -0.25) is 9.89 Å². The Balaban J connectivity index is 1.72. The summed E-state index contributed by atoms with van der Waals surface area (Å²) in [6.45, 7) is 2.32. The minimum Gasteiger partial charge on any atom is -0.448 e. The molecule has 0 aliphatic carbocycles. The van der Waals surface area contributed by atoms with E-state index in [9.17, 15) is 4.79 Å². The van der Waals surface area contributed by atoms with Crippen LogP contribution in [0.15, 0.2) is 23.1 Å². The van der Waals surface area contributed by atoms with Crippen molar-refractivity contribution in [3.63, 3.8) is 0 Å². The molecule has 2 aromatic heterocycles. The normalized spacial score (nSPS) is 10.4. The van der Waals surface area contributed by atoms with Gasteiger partial charge in [-0.1, -0.05) is 0 Å². The number of nitrogens with one attached hydrogen (secondary N) is 2. The number of carbonyl (C=O) groups excluding carboxylic acids is 1. The van der Waals surface area contributed by atoms with Crippen LogP contribution >= 0.6 is 0 Å². The topological polar surface area (TPSA) is 83.8 Å². The second-order valence-electron chi connectivity index (χ2n) is 3.70. The minimum atomic E-state index is -0.194. The summed E-state index contributed by atoms with van der Waals surface area (Å²) in [6, 6.07) is 1.92. The number of carbonyl (C=O) groups is 1. The van der Waals surface area contributed by atoms with Crippen LogP contribution in [0.3, 0.4) is 0 Å². The van der Waals surface area contributed by atoms with Crippen LogP contribution < -0.4 is 5.32 Å². The van der Waals surface area contributed by atoms with Crippen molar-refractivity contribution in [2.75, 3.05) is 6.54 Å². The zero-order chi connectivity index (χ0) is 12.1. The number of H-pyrrole nitrogens is 1. The van der Waals surface area contributed by atoms with Crippen molar-refractivity contribution in [1.82, 2.24) is 20.5 Å². The van der Waals surface area contributed by atoms with Gasteiger partial charge in [-0.25, -0.2) is 4.98 Å². The van der Waals surface area contributed by atoms with Gasteiger partial charge in [0.2, 0.25) is 0 Å². The summed E-state index contributed by atoms with van der Waals surface area (Å²) >= 11 is 0. The van der Waals surface area contributed by atoms with Gasteiger partial charge in [-0.2, -0.15) is 5.10 Å². The lowest BCUT2D eigenvalue weighted by Gasteiger charge is -2.02. The van der Waals surface area contributed by atoms with Crippen molar-refractivity contribution in [2.45, 2.75) is 19.8 Å². The van der Waals surface area contributed by atoms with Crippen LogP contribution in [0.4, 0.5) is 0 Å². The molecule has 2 heterocycles. The highest BCUT2D eigenvalue weighted by Crippen LogP contribution is 2.04. The number of oxazole rings is 1. The predicted octanol–water partition coefficient (Wildman–Crippen LogP) is 1.07. The van der Waals surface area contributed by atoms with E-state index >= 15 is 0 Å². The fraction of sp³-hybridized carbons (Fsp3) is 0.364. The third-order valence-electron chi connectivity index (χ3n) is 2.43. The summed E-state index contributed by atoms with van der Waals surface area (Å²) in [4.78, 5) is 15.5.